The zero-order valence-corrected chi connectivity index (χ0v) is 39.0. The molecule has 1 aliphatic rings. The quantitative estimate of drug-likeness (QED) is 0.0259. The number of nitrogens with one attached hydrogen (secondary N) is 3. The summed E-state index contributed by atoms with van der Waals surface area (Å²) in [4.78, 5) is 58.7. The van der Waals surface area contributed by atoms with E-state index in [-0.39, 0.29) is 29.0 Å². The fraction of sp³-hybridized carbons (Fsp3) is 0.291. The highest BCUT2D eigenvalue weighted by Crippen LogP contribution is 2.35. The van der Waals surface area contributed by atoms with E-state index in [1.165, 1.54) is 11.6 Å². The molecule has 0 unspecified atom stereocenters. The van der Waals surface area contributed by atoms with Gasteiger partial charge in [-0.2, -0.15) is 0 Å². The number of phenols is 1. The molecule has 6 aromatic rings. The highest BCUT2D eigenvalue weighted by molar-refractivity contribution is 7.71. The smallest absolute Gasteiger partial charge is 0.262 e. The number of para-hydroxylation sites is 1. The van der Waals surface area contributed by atoms with Crippen LogP contribution in [0.15, 0.2) is 138 Å². The second kappa shape index (κ2) is 23.9. The SMILES string of the molecule is CCC(=C(c1ccc(O)cc1)c1ccc(/C=C/C(=O)NCCCNC(=O)c2ccc(N3CCN(C(=O)CCCCCCCn4c(=S)[nH]c5ccccc5c4=O)CC3)cc2)cc1)c1ccccc1. The van der Waals surface area contributed by atoms with Crippen molar-refractivity contribution >= 4 is 63.8 Å². The van der Waals surface area contributed by atoms with Gasteiger partial charge in [0.15, 0.2) is 4.77 Å². The number of carbonyl (C=O) groups excluding carboxylic acids is 3. The summed E-state index contributed by atoms with van der Waals surface area (Å²) in [5.74, 6) is 0.0398. The number of aromatic nitrogens is 2. The lowest BCUT2D eigenvalue weighted by Gasteiger charge is -2.36. The summed E-state index contributed by atoms with van der Waals surface area (Å²) in [5, 5.41) is 16.4. The number of hydrogen-bond donors (Lipinski definition) is 4. The molecule has 0 spiro atoms. The molecule has 67 heavy (non-hydrogen) atoms. The van der Waals surface area contributed by atoms with E-state index in [1.807, 2.05) is 95.9 Å². The van der Waals surface area contributed by atoms with Crippen LogP contribution in [0.25, 0.3) is 28.1 Å². The van der Waals surface area contributed by atoms with E-state index in [0.29, 0.717) is 61.3 Å². The second-order valence-electron chi connectivity index (χ2n) is 16.8. The van der Waals surface area contributed by atoms with Gasteiger partial charge in [0.25, 0.3) is 11.5 Å². The molecule has 0 saturated carbocycles. The Labute approximate surface area is 397 Å². The maximum atomic E-state index is 13.0. The first-order valence-corrected chi connectivity index (χ1v) is 23.9. The van der Waals surface area contributed by atoms with E-state index in [2.05, 4.69) is 51.7 Å². The van der Waals surface area contributed by atoms with Crippen LogP contribution < -0.4 is 21.1 Å². The van der Waals surface area contributed by atoms with Crippen molar-refractivity contribution in [3.05, 3.63) is 176 Å². The topological polar surface area (TPSA) is 140 Å². The number of piperazine rings is 1. The van der Waals surface area contributed by atoms with E-state index in [0.717, 1.165) is 90.6 Å². The zero-order chi connectivity index (χ0) is 47.0. The van der Waals surface area contributed by atoms with Gasteiger partial charge in [0, 0.05) is 69.6 Å². The monoisotopic (exact) mass is 916 g/mol. The Kier molecular flexibility index (Phi) is 17.1. The van der Waals surface area contributed by atoms with Crippen molar-refractivity contribution < 1.29 is 19.5 Å². The molecule has 5 aromatic carbocycles. The number of hydrogen-bond acceptors (Lipinski definition) is 7. The van der Waals surface area contributed by atoms with E-state index >= 15 is 0 Å². The molecule has 2 heterocycles. The first kappa shape index (κ1) is 47.9. The maximum absolute atomic E-state index is 13.0. The van der Waals surface area contributed by atoms with Gasteiger partial charge in [-0.3, -0.25) is 23.7 Å². The number of nitrogens with zero attached hydrogens (tertiary/aromatic N) is 3. The third-order valence-corrected chi connectivity index (χ3v) is 12.6. The molecular formula is C55H60N6O5S. The summed E-state index contributed by atoms with van der Waals surface area (Å²) in [5.41, 5.74) is 8.69. The van der Waals surface area contributed by atoms with Gasteiger partial charge >= 0.3 is 0 Å². The van der Waals surface area contributed by atoms with Crippen LogP contribution in [0.5, 0.6) is 5.75 Å². The number of fused-ring (bicyclic) bond motifs is 1. The molecule has 346 valence electrons. The van der Waals surface area contributed by atoms with Crippen LogP contribution in [-0.2, 0) is 16.1 Å². The fourth-order valence-corrected chi connectivity index (χ4v) is 8.86. The first-order chi connectivity index (χ1) is 32.7. The minimum atomic E-state index is -0.207. The molecule has 1 aliphatic heterocycles. The Bertz CT molecular complexity index is 2790. The minimum absolute atomic E-state index is 0.0519. The van der Waals surface area contributed by atoms with Crippen molar-refractivity contribution in [3.8, 4) is 5.75 Å². The van der Waals surface area contributed by atoms with E-state index < -0.39 is 0 Å². The highest BCUT2D eigenvalue weighted by atomic mass is 32.1. The molecule has 3 amide bonds. The van der Waals surface area contributed by atoms with E-state index in [4.69, 9.17) is 12.2 Å². The predicted molar refractivity (Wildman–Crippen MR) is 273 cm³/mol. The van der Waals surface area contributed by atoms with Crippen molar-refractivity contribution in [3.63, 3.8) is 0 Å². The van der Waals surface area contributed by atoms with Crippen LogP contribution in [0.2, 0.25) is 0 Å². The number of carbonyl (C=O) groups is 3. The van der Waals surface area contributed by atoms with Gasteiger partial charge in [-0.15, -0.1) is 0 Å². The van der Waals surface area contributed by atoms with E-state index in [1.54, 1.807) is 22.8 Å². The Balaban J connectivity index is 0.768. The summed E-state index contributed by atoms with van der Waals surface area (Å²) in [7, 11) is 0. The molecule has 4 N–H and O–H groups in total. The van der Waals surface area contributed by atoms with Gasteiger partial charge in [0.2, 0.25) is 11.8 Å². The molecule has 1 aromatic heterocycles. The largest absolute Gasteiger partial charge is 0.508 e. The molecule has 0 bridgehead atoms. The van der Waals surface area contributed by atoms with Gasteiger partial charge < -0.3 is 30.5 Å². The highest BCUT2D eigenvalue weighted by Gasteiger charge is 2.21. The van der Waals surface area contributed by atoms with Crippen molar-refractivity contribution in [2.24, 2.45) is 0 Å². The molecule has 0 atom stereocenters. The van der Waals surface area contributed by atoms with Crippen LogP contribution in [0.4, 0.5) is 5.69 Å². The van der Waals surface area contributed by atoms with Gasteiger partial charge in [0.1, 0.15) is 5.75 Å². The summed E-state index contributed by atoms with van der Waals surface area (Å²) in [6.45, 7) is 6.37. The molecule has 11 nitrogen and oxygen atoms in total. The van der Waals surface area contributed by atoms with E-state index in [9.17, 15) is 24.3 Å². The Morgan fingerprint density at radius 1 is 0.687 bits per heavy atom. The van der Waals surface area contributed by atoms with Crippen molar-refractivity contribution in [2.45, 2.75) is 64.8 Å². The lowest BCUT2D eigenvalue weighted by molar-refractivity contribution is -0.131. The fourth-order valence-electron chi connectivity index (χ4n) is 8.58. The molecule has 0 aliphatic carbocycles. The van der Waals surface area contributed by atoms with Crippen molar-refractivity contribution in [2.75, 3.05) is 44.2 Å². The van der Waals surface area contributed by atoms with Gasteiger partial charge in [-0.1, -0.05) is 105 Å². The molecule has 12 heteroatoms. The number of aromatic hydroxyl groups is 1. The third-order valence-electron chi connectivity index (χ3n) is 12.3. The van der Waals surface area contributed by atoms with Gasteiger partial charge in [-0.25, -0.2) is 0 Å². The van der Waals surface area contributed by atoms with Crippen LogP contribution in [0.1, 0.15) is 90.9 Å². The van der Waals surface area contributed by atoms with Crippen LogP contribution in [0.3, 0.4) is 0 Å². The summed E-state index contributed by atoms with van der Waals surface area (Å²) < 4.78 is 2.10. The number of amides is 3. The standard InChI is InChI=1S/C55H60N6O5S/c1-2-47(41-14-7-6-8-15-41)52(43-26-30-46(62)31-27-43)42-22-19-40(20-23-42)21-32-50(63)56-33-13-34-57-53(65)44-24-28-45(29-25-44)59-36-38-60(39-37-59)51(64)18-9-4-3-5-12-35-61-54(66)48-16-10-11-17-49(48)58-55(61)67/h6-8,10-11,14-17,19-32,62H,2-5,9,12-13,18,33-39H2,1H3,(H,56,63)(H,57,65)(H,58,67)/b32-21+,52-47?. The number of phenolic OH excluding ortho intramolecular Hbond substituents is 1. The Morgan fingerprint density at radius 3 is 2.03 bits per heavy atom. The lowest BCUT2D eigenvalue weighted by Crippen LogP contribution is -2.48. The molecule has 7 rings (SSSR count). The normalized spacial score (nSPS) is 13.1. The number of benzene rings is 5. The van der Waals surface area contributed by atoms with Gasteiger partial charge in [-0.05, 0) is 126 Å². The third kappa shape index (κ3) is 13.1. The number of anilines is 1. The molecule has 1 fully saturated rings. The summed E-state index contributed by atoms with van der Waals surface area (Å²) >= 11 is 5.43. The van der Waals surface area contributed by atoms with Crippen LogP contribution >= 0.6 is 12.2 Å². The molecular weight excluding hydrogens is 857 g/mol. The van der Waals surface area contributed by atoms with Gasteiger partial charge in [0.05, 0.1) is 10.9 Å². The molecule has 1 saturated heterocycles. The number of unbranched alkanes of at least 4 members (excludes halogenated alkanes) is 4. The lowest BCUT2D eigenvalue weighted by atomic mass is 9.88. The predicted octanol–water partition coefficient (Wildman–Crippen LogP) is 9.77. The Hall–Kier alpha value is -7.05. The summed E-state index contributed by atoms with van der Waals surface area (Å²) in [6.07, 6.45) is 9.91. The average Bonchev–Trinajstić information content (AvgIpc) is 3.36. The number of aromatic amines is 1. The summed E-state index contributed by atoms with van der Waals surface area (Å²) in [6, 6.07) is 40.7. The van der Waals surface area contributed by atoms with Crippen LogP contribution in [0, 0.1) is 4.77 Å². The first-order valence-electron chi connectivity index (χ1n) is 23.5. The Morgan fingerprint density at radius 2 is 1.31 bits per heavy atom. The minimum Gasteiger partial charge on any atom is -0.508 e. The van der Waals surface area contributed by atoms with Crippen molar-refractivity contribution in [1.29, 1.82) is 0 Å². The van der Waals surface area contributed by atoms with Crippen molar-refractivity contribution in [1.82, 2.24) is 25.1 Å². The maximum Gasteiger partial charge on any atom is 0.262 e. The zero-order valence-electron chi connectivity index (χ0n) is 38.2. The number of H-pyrrole nitrogens is 1. The van der Waals surface area contributed by atoms with Crippen LogP contribution in [-0.4, -0.2) is 76.5 Å². The average molecular weight is 917 g/mol. The number of rotatable bonds is 20. The number of allylic oxidation sites excluding steroid dienone is 1. The second-order valence-corrected chi connectivity index (χ2v) is 17.2. The molecule has 0 radical (unpaired) electrons.